The summed E-state index contributed by atoms with van der Waals surface area (Å²) in [6, 6.07) is 20.0. The summed E-state index contributed by atoms with van der Waals surface area (Å²) in [5.41, 5.74) is 2.10. The summed E-state index contributed by atoms with van der Waals surface area (Å²) < 4.78 is 8.03. The Hall–Kier alpha value is -2.98. The third-order valence-electron chi connectivity index (χ3n) is 5.10. The van der Waals surface area contributed by atoms with Crippen LogP contribution in [0.2, 0.25) is 5.02 Å². The molecule has 3 aromatic carbocycles. The predicted octanol–water partition coefficient (Wildman–Crippen LogP) is 5.93. The van der Waals surface area contributed by atoms with Crippen LogP contribution in [-0.4, -0.2) is 22.2 Å². The molecule has 1 heterocycles. The van der Waals surface area contributed by atoms with Crippen LogP contribution in [0.3, 0.4) is 0 Å². The number of halogens is 1. The normalized spacial score (nSPS) is 11.2. The average molecular weight is 408 g/mol. The Bertz CT molecular complexity index is 1160. The van der Waals surface area contributed by atoms with Crippen molar-refractivity contribution in [3.63, 3.8) is 0 Å². The lowest BCUT2D eigenvalue weighted by Crippen LogP contribution is -2.03. The van der Waals surface area contributed by atoms with Gasteiger partial charge in [0.05, 0.1) is 18.1 Å². The van der Waals surface area contributed by atoms with Crippen LogP contribution in [0.25, 0.3) is 21.7 Å². The Labute approximate surface area is 174 Å². The van der Waals surface area contributed by atoms with Crippen LogP contribution < -0.4 is 4.74 Å². The van der Waals surface area contributed by atoms with Crippen LogP contribution in [0.15, 0.2) is 66.9 Å². The van der Waals surface area contributed by atoms with Crippen LogP contribution in [0, 0.1) is 0 Å². The molecule has 4 nitrogen and oxygen atoms in total. The van der Waals surface area contributed by atoms with Crippen LogP contribution in [0.5, 0.6) is 5.75 Å². The Morgan fingerprint density at radius 1 is 1.03 bits per heavy atom. The van der Waals surface area contributed by atoms with Gasteiger partial charge in [-0.05, 0) is 42.0 Å². The first-order valence-electron chi connectivity index (χ1n) is 9.72. The van der Waals surface area contributed by atoms with E-state index >= 15 is 0 Å². The SMILES string of the molecule is O=C(O)CCn1cc(CCCOc2cccc3ccccc23)c2c(Cl)cccc21. The second-order valence-electron chi connectivity index (χ2n) is 7.05. The summed E-state index contributed by atoms with van der Waals surface area (Å²) in [7, 11) is 0. The van der Waals surface area contributed by atoms with Gasteiger partial charge < -0.3 is 14.4 Å². The van der Waals surface area contributed by atoms with E-state index in [0.717, 1.165) is 40.4 Å². The molecule has 1 N–H and O–H groups in total. The Balaban J connectivity index is 1.47. The van der Waals surface area contributed by atoms with Crippen molar-refractivity contribution in [3.05, 3.63) is 77.4 Å². The third kappa shape index (κ3) is 4.22. The fraction of sp³-hybridized carbons (Fsp3) is 0.208. The number of carboxylic acid groups (broad SMARTS) is 1. The number of rotatable bonds is 8. The zero-order chi connectivity index (χ0) is 20.2. The molecule has 0 fully saturated rings. The number of hydrogen-bond acceptors (Lipinski definition) is 2. The van der Waals surface area contributed by atoms with Gasteiger partial charge in [0.2, 0.25) is 0 Å². The highest BCUT2D eigenvalue weighted by molar-refractivity contribution is 6.35. The zero-order valence-electron chi connectivity index (χ0n) is 16.0. The van der Waals surface area contributed by atoms with Crippen molar-refractivity contribution in [3.8, 4) is 5.75 Å². The van der Waals surface area contributed by atoms with E-state index in [1.165, 1.54) is 5.39 Å². The largest absolute Gasteiger partial charge is 0.493 e. The maximum Gasteiger partial charge on any atom is 0.305 e. The number of ether oxygens (including phenoxy) is 1. The molecule has 0 aliphatic heterocycles. The standard InChI is InChI=1S/C24H22ClNO3/c25-20-10-4-11-21-24(20)18(16-26(21)14-13-23(27)28)8-5-15-29-22-12-3-7-17-6-1-2-9-19(17)22/h1-4,6-7,9-12,16H,5,8,13-15H2,(H,27,28). The highest BCUT2D eigenvalue weighted by atomic mass is 35.5. The molecule has 0 radical (unpaired) electrons. The number of aliphatic carboxylic acids is 1. The molecule has 0 saturated carbocycles. The summed E-state index contributed by atoms with van der Waals surface area (Å²) in [6.07, 6.45) is 3.76. The Morgan fingerprint density at radius 2 is 1.83 bits per heavy atom. The molecule has 0 unspecified atom stereocenters. The van der Waals surface area contributed by atoms with Gasteiger partial charge in [0.1, 0.15) is 5.75 Å². The molecular formula is C24H22ClNO3. The molecule has 0 amide bonds. The molecule has 4 aromatic rings. The zero-order valence-corrected chi connectivity index (χ0v) is 16.7. The molecular weight excluding hydrogens is 386 g/mol. The third-order valence-corrected chi connectivity index (χ3v) is 5.41. The molecule has 29 heavy (non-hydrogen) atoms. The first-order chi connectivity index (χ1) is 14.1. The number of carboxylic acids is 1. The summed E-state index contributed by atoms with van der Waals surface area (Å²) in [5.74, 6) is 0.0870. The molecule has 0 atom stereocenters. The Kier molecular flexibility index (Phi) is 5.72. The molecule has 0 bridgehead atoms. The van der Waals surface area contributed by atoms with Gasteiger partial charge in [0, 0.05) is 29.0 Å². The van der Waals surface area contributed by atoms with E-state index in [9.17, 15) is 4.79 Å². The van der Waals surface area contributed by atoms with Crippen molar-refractivity contribution in [2.45, 2.75) is 25.8 Å². The number of fused-ring (bicyclic) bond motifs is 2. The second-order valence-corrected chi connectivity index (χ2v) is 7.46. The molecule has 0 aliphatic carbocycles. The average Bonchev–Trinajstić information content (AvgIpc) is 3.09. The summed E-state index contributed by atoms with van der Waals surface area (Å²) in [6.45, 7) is 1.03. The lowest BCUT2D eigenvalue weighted by molar-refractivity contribution is -0.137. The van der Waals surface area contributed by atoms with E-state index in [1.807, 2.05) is 53.2 Å². The van der Waals surface area contributed by atoms with Gasteiger partial charge in [-0.2, -0.15) is 0 Å². The van der Waals surface area contributed by atoms with E-state index in [-0.39, 0.29) is 6.42 Å². The Morgan fingerprint density at radius 3 is 2.69 bits per heavy atom. The molecule has 0 saturated heterocycles. The van der Waals surface area contributed by atoms with Gasteiger partial charge in [0.15, 0.2) is 0 Å². The molecule has 148 valence electrons. The minimum absolute atomic E-state index is 0.0833. The summed E-state index contributed by atoms with van der Waals surface area (Å²) in [4.78, 5) is 11.0. The van der Waals surface area contributed by atoms with Gasteiger partial charge in [0.25, 0.3) is 0 Å². The highest BCUT2D eigenvalue weighted by Crippen LogP contribution is 2.30. The first kappa shape index (κ1) is 19.3. The summed E-state index contributed by atoms with van der Waals surface area (Å²) in [5, 5.41) is 13.0. The monoisotopic (exact) mass is 407 g/mol. The molecule has 5 heteroatoms. The lowest BCUT2D eigenvalue weighted by Gasteiger charge is -2.09. The highest BCUT2D eigenvalue weighted by Gasteiger charge is 2.12. The fourth-order valence-corrected chi connectivity index (χ4v) is 4.04. The van der Waals surface area contributed by atoms with Crippen molar-refractivity contribution < 1.29 is 14.6 Å². The molecule has 1 aromatic heterocycles. The molecule has 0 spiro atoms. The van der Waals surface area contributed by atoms with Crippen molar-refractivity contribution in [2.24, 2.45) is 0 Å². The minimum atomic E-state index is -0.807. The predicted molar refractivity (Wildman–Crippen MR) is 117 cm³/mol. The van der Waals surface area contributed by atoms with Crippen LogP contribution in [-0.2, 0) is 17.8 Å². The number of aromatic nitrogens is 1. The van der Waals surface area contributed by atoms with Crippen LogP contribution >= 0.6 is 11.6 Å². The van der Waals surface area contributed by atoms with Crippen LogP contribution in [0.1, 0.15) is 18.4 Å². The van der Waals surface area contributed by atoms with Crippen molar-refractivity contribution >= 4 is 39.2 Å². The van der Waals surface area contributed by atoms with E-state index in [4.69, 9.17) is 21.4 Å². The van der Waals surface area contributed by atoms with E-state index in [1.54, 1.807) is 0 Å². The van der Waals surface area contributed by atoms with Crippen LogP contribution in [0.4, 0.5) is 0 Å². The maximum atomic E-state index is 11.0. The number of aryl methyl sites for hydroxylation is 2. The molecule has 0 aliphatic rings. The van der Waals surface area contributed by atoms with Crippen molar-refractivity contribution in [2.75, 3.05) is 6.61 Å². The van der Waals surface area contributed by atoms with Crippen molar-refractivity contribution in [1.29, 1.82) is 0 Å². The van der Waals surface area contributed by atoms with Gasteiger partial charge in [-0.3, -0.25) is 4.79 Å². The van der Waals surface area contributed by atoms with Gasteiger partial charge in [-0.15, -0.1) is 0 Å². The number of nitrogens with zero attached hydrogens (tertiary/aromatic N) is 1. The van der Waals surface area contributed by atoms with Gasteiger partial charge in [-0.25, -0.2) is 0 Å². The fourth-order valence-electron chi connectivity index (χ4n) is 3.75. The second kappa shape index (κ2) is 8.58. The molecule has 4 rings (SSSR count). The number of benzene rings is 3. The smallest absolute Gasteiger partial charge is 0.305 e. The number of carbonyl (C=O) groups is 1. The van der Waals surface area contributed by atoms with E-state index in [0.29, 0.717) is 18.2 Å². The van der Waals surface area contributed by atoms with Gasteiger partial charge >= 0.3 is 5.97 Å². The first-order valence-corrected chi connectivity index (χ1v) is 10.1. The maximum absolute atomic E-state index is 11.0. The minimum Gasteiger partial charge on any atom is -0.493 e. The van der Waals surface area contributed by atoms with E-state index in [2.05, 4.69) is 18.2 Å². The number of hydrogen-bond donors (Lipinski definition) is 1. The topological polar surface area (TPSA) is 51.5 Å². The van der Waals surface area contributed by atoms with Crippen molar-refractivity contribution in [1.82, 2.24) is 4.57 Å². The van der Waals surface area contributed by atoms with Gasteiger partial charge in [-0.1, -0.05) is 54.1 Å². The quantitative estimate of drug-likeness (QED) is 0.368. The lowest BCUT2D eigenvalue weighted by atomic mass is 10.1. The van der Waals surface area contributed by atoms with E-state index < -0.39 is 5.97 Å². The summed E-state index contributed by atoms with van der Waals surface area (Å²) >= 11 is 6.45.